The van der Waals surface area contributed by atoms with Gasteiger partial charge in [0.25, 0.3) is 0 Å². The first kappa shape index (κ1) is 16.2. The summed E-state index contributed by atoms with van der Waals surface area (Å²) in [6.07, 6.45) is 5.56. The lowest BCUT2D eigenvalue weighted by Gasteiger charge is -2.22. The molecule has 3 rings (SSSR count). The molecule has 0 bridgehead atoms. The van der Waals surface area contributed by atoms with Crippen molar-refractivity contribution in [1.29, 1.82) is 0 Å². The predicted octanol–water partition coefficient (Wildman–Crippen LogP) is 2.37. The number of aliphatic imine (C=N–C) groups is 1. The van der Waals surface area contributed by atoms with Crippen molar-refractivity contribution < 1.29 is 4.39 Å². The minimum Gasteiger partial charge on any atom is -0.355 e. The van der Waals surface area contributed by atoms with Gasteiger partial charge in [-0.15, -0.1) is 0 Å². The van der Waals surface area contributed by atoms with Crippen molar-refractivity contribution in [3.8, 4) is 0 Å². The average Bonchev–Trinajstić information content (AvgIpc) is 3.45. The third-order valence-electron chi connectivity index (χ3n) is 4.54. The Kier molecular flexibility index (Phi) is 5.49. The molecule has 2 aliphatic carbocycles. The molecule has 5 heteroatoms. The highest BCUT2D eigenvalue weighted by atomic mass is 19.1. The van der Waals surface area contributed by atoms with Crippen LogP contribution in [0.1, 0.15) is 31.2 Å². The lowest BCUT2D eigenvalue weighted by molar-refractivity contribution is 0.256. The van der Waals surface area contributed by atoms with E-state index in [0.29, 0.717) is 6.54 Å². The van der Waals surface area contributed by atoms with Gasteiger partial charge in [0, 0.05) is 39.3 Å². The number of benzene rings is 1. The smallest absolute Gasteiger partial charge is 0.191 e. The third-order valence-corrected chi connectivity index (χ3v) is 4.54. The van der Waals surface area contributed by atoms with E-state index in [-0.39, 0.29) is 5.82 Å². The van der Waals surface area contributed by atoms with Crippen molar-refractivity contribution in [2.75, 3.05) is 26.7 Å². The standard InChI is InChI=1S/C18H27FN4/c1-20-18(22-12-14-4-6-16(19)7-5-14)21-10-11-23(17-8-9-17)13-15-2-3-15/h4-7,15,17H,2-3,8-13H2,1H3,(H2,20,21,22). The van der Waals surface area contributed by atoms with Crippen molar-refractivity contribution in [3.63, 3.8) is 0 Å². The Balaban J connectivity index is 1.37. The summed E-state index contributed by atoms with van der Waals surface area (Å²) in [4.78, 5) is 6.89. The van der Waals surface area contributed by atoms with Gasteiger partial charge in [-0.2, -0.15) is 0 Å². The Hall–Kier alpha value is -1.62. The summed E-state index contributed by atoms with van der Waals surface area (Å²) >= 11 is 0. The van der Waals surface area contributed by atoms with Crippen LogP contribution < -0.4 is 10.6 Å². The molecule has 23 heavy (non-hydrogen) atoms. The van der Waals surface area contributed by atoms with Crippen LogP contribution >= 0.6 is 0 Å². The maximum atomic E-state index is 12.9. The monoisotopic (exact) mass is 318 g/mol. The SMILES string of the molecule is CN=C(NCCN(CC1CC1)C1CC1)NCc1ccc(F)cc1. The Bertz CT molecular complexity index is 520. The van der Waals surface area contributed by atoms with Crippen LogP contribution in [-0.2, 0) is 6.54 Å². The second kappa shape index (κ2) is 7.77. The van der Waals surface area contributed by atoms with Crippen LogP contribution in [0.4, 0.5) is 4.39 Å². The fourth-order valence-corrected chi connectivity index (χ4v) is 2.82. The van der Waals surface area contributed by atoms with Crippen molar-refractivity contribution >= 4 is 5.96 Å². The summed E-state index contributed by atoms with van der Waals surface area (Å²) in [6, 6.07) is 7.38. The number of guanidine groups is 1. The van der Waals surface area contributed by atoms with Crippen LogP contribution in [0.25, 0.3) is 0 Å². The molecule has 2 fully saturated rings. The maximum Gasteiger partial charge on any atom is 0.191 e. The number of hydrogen-bond donors (Lipinski definition) is 2. The van der Waals surface area contributed by atoms with E-state index in [0.717, 1.165) is 36.6 Å². The van der Waals surface area contributed by atoms with E-state index in [1.807, 2.05) is 0 Å². The molecule has 2 saturated carbocycles. The van der Waals surface area contributed by atoms with Gasteiger partial charge in [-0.25, -0.2) is 4.39 Å². The normalized spacial score (nSPS) is 18.3. The Morgan fingerprint density at radius 1 is 1.17 bits per heavy atom. The number of nitrogens with zero attached hydrogens (tertiary/aromatic N) is 2. The van der Waals surface area contributed by atoms with Crippen LogP contribution in [-0.4, -0.2) is 43.6 Å². The molecule has 0 unspecified atom stereocenters. The van der Waals surface area contributed by atoms with Gasteiger partial charge in [-0.3, -0.25) is 9.89 Å². The fraction of sp³-hybridized carbons (Fsp3) is 0.611. The molecule has 0 atom stereocenters. The number of halogens is 1. The largest absolute Gasteiger partial charge is 0.355 e. The molecular weight excluding hydrogens is 291 g/mol. The molecule has 1 aromatic carbocycles. The summed E-state index contributed by atoms with van der Waals surface area (Å²) in [5, 5.41) is 6.66. The zero-order chi connectivity index (χ0) is 16.1. The Morgan fingerprint density at radius 2 is 1.91 bits per heavy atom. The predicted molar refractivity (Wildman–Crippen MR) is 91.9 cm³/mol. The summed E-state index contributed by atoms with van der Waals surface area (Å²) < 4.78 is 12.9. The van der Waals surface area contributed by atoms with Crippen LogP contribution in [0.2, 0.25) is 0 Å². The summed E-state index contributed by atoms with van der Waals surface area (Å²) in [5.41, 5.74) is 1.04. The first-order valence-corrected chi connectivity index (χ1v) is 8.67. The molecule has 0 saturated heterocycles. The van der Waals surface area contributed by atoms with Crippen LogP contribution in [0.3, 0.4) is 0 Å². The molecule has 2 N–H and O–H groups in total. The van der Waals surface area contributed by atoms with E-state index in [1.54, 1.807) is 19.2 Å². The topological polar surface area (TPSA) is 39.7 Å². The van der Waals surface area contributed by atoms with Crippen molar-refractivity contribution in [1.82, 2.24) is 15.5 Å². The molecule has 0 radical (unpaired) electrons. The summed E-state index contributed by atoms with van der Waals surface area (Å²) in [6.45, 7) is 3.91. The van der Waals surface area contributed by atoms with E-state index in [4.69, 9.17) is 0 Å². The highest BCUT2D eigenvalue weighted by Gasteiger charge is 2.33. The van der Waals surface area contributed by atoms with Gasteiger partial charge >= 0.3 is 0 Å². The van der Waals surface area contributed by atoms with Gasteiger partial charge in [0.1, 0.15) is 5.82 Å². The number of nitrogens with one attached hydrogen (secondary N) is 2. The fourth-order valence-electron chi connectivity index (χ4n) is 2.82. The third kappa shape index (κ3) is 5.50. The van der Waals surface area contributed by atoms with Crippen LogP contribution in [0.5, 0.6) is 0 Å². The minimum absolute atomic E-state index is 0.202. The maximum absolute atomic E-state index is 12.9. The van der Waals surface area contributed by atoms with Gasteiger partial charge in [-0.1, -0.05) is 12.1 Å². The van der Waals surface area contributed by atoms with E-state index in [2.05, 4.69) is 20.5 Å². The van der Waals surface area contributed by atoms with Crippen LogP contribution in [0.15, 0.2) is 29.3 Å². The highest BCUT2D eigenvalue weighted by Crippen LogP contribution is 2.34. The lowest BCUT2D eigenvalue weighted by atomic mass is 10.2. The summed E-state index contributed by atoms with van der Waals surface area (Å²) in [5.74, 6) is 1.55. The van der Waals surface area contributed by atoms with Gasteiger partial charge in [0.15, 0.2) is 5.96 Å². The quantitative estimate of drug-likeness (QED) is 0.571. The lowest BCUT2D eigenvalue weighted by Crippen LogP contribution is -2.42. The van der Waals surface area contributed by atoms with Gasteiger partial charge in [0.05, 0.1) is 0 Å². The van der Waals surface area contributed by atoms with E-state index in [1.165, 1.54) is 44.4 Å². The molecule has 1 aromatic rings. The van der Waals surface area contributed by atoms with Crippen molar-refractivity contribution in [2.45, 2.75) is 38.3 Å². The molecule has 0 amide bonds. The minimum atomic E-state index is -0.202. The van der Waals surface area contributed by atoms with E-state index in [9.17, 15) is 4.39 Å². The Labute approximate surface area is 138 Å². The molecule has 126 valence electrons. The first-order chi connectivity index (χ1) is 11.2. The molecule has 4 nitrogen and oxygen atoms in total. The molecular formula is C18H27FN4. The van der Waals surface area contributed by atoms with Gasteiger partial charge < -0.3 is 10.6 Å². The second-order valence-electron chi connectivity index (χ2n) is 6.65. The molecule has 0 heterocycles. The average molecular weight is 318 g/mol. The number of rotatable bonds is 8. The van der Waals surface area contributed by atoms with Gasteiger partial charge in [0.2, 0.25) is 0 Å². The van der Waals surface area contributed by atoms with E-state index >= 15 is 0 Å². The zero-order valence-corrected chi connectivity index (χ0v) is 13.9. The molecule has 0 aromatic heterocycles. The van der Waals surface area contributed by atoms with Gasteiger partial charge in [-0.05, 0) is 49.3 Å². The van der Waals surface area contributed by atoms with Crippen molar-refractivity contribution in [3.05, 3.63) is 35.6 Å². The highest BCUT2D eigenvalue weighted by molar-refractivity contribution is 5.79. The number of hydrogen-bond acceptors (Lipinski definition) is 2. The molecule has 0 spiro atoms. The summed E-state index contributed by atoms with van der Waals surface area (Å²) in [7, 11) is 1.78. The second-order valence-corrected chi connectivity index (χ2v) is 6.65. The Morgan fingerprint density at radius 3 is 2.52 bits per heavy atom. The van der Waals surface area contributed by atoms with E-state index < -0.39 is 0 Å². The molecule has 0 aliphatic heterocycles. The van der Waals surface area contributed by atoms with Crippen LogP contribution in [0, 0.1) is 11.7 Å². The molecule has 2 aliphatic rings. The zero-order valence-electron chi connectivity index (χ0n) is 13.9. The first-order valence-electron chi connectivity index (χ1n) is 8.67. The van der Waals surface area contributed by atoms with Crippen molar-refractivity contribution in [2.24, 2.45) is 10.9 Å².